The van der Waals surface area contributed by atoms with Crippen molar-refractivity contribution in [3.05, 3.63) is 52.8 Å². The molecule has 4 heteroatoms. The topological polar surface area (TPSA) is 68.0 Å². The lowest BCUT2D eigenvalue weighted by Gasteiger charge is -2.12. The summed E-state index contributed by atoms with van der Waals surface area (Å²) in [6.45, 7) is 5.70. The molecule has 0 bridgehead atoms. The van der Waals surface area contributed by atoms with Crippen LogP contribution in [0.1, 0.15) is 27.3 Å². The van der Waals surface area contributed by atoms with Gasteiger partial charge in [-0.3, -0.25) is 4.79 Å². The summed E-state index contributed by atoms with van der Waals surface area (Å²) in [6.07, 6.45) is 0. The number of carbonyl (C=O) groups is 1. The molecule has 0 saturated carbocycles. The maximum absolute atomic E-state index is 12.2. The second kappa shape index (κ2) is 5.10. The van der Waals surface area contributed by atoms with Gasteiger partial charge in [0.05, 0.1) is 0 Å². The number of pyridine rings is 1. The highest BCUT2D eigenvalue weighted by atomic mass is 16.1. The Kier molecular flexibility index (Phi) is 3.51. The van der Waals surface area contributed by atoms with Crippen molar-refractivity contribution >= 4 is 17.3 Å². The lowest BCUT2D eigenvalue weighted by molar-refractivity contribution is 0.102. The quantitative estimate of drug-likeness (QED) is 0.811. The molecule has 0 radical (unpaired) electrons. The average molecular weight is 255 g/mol. The Bertz CT molecular complexity index is 612. The Balaban J connectivity index is 2.29. The van der Waals surface area contributed by atoms with Crippen LogP contribution in [-0.2, 0) is 0 Å². The Morgan fingerprint density at radius 3 is 2.37 bits per heavy atom. The molecule has 2 aromatic rings. The first kappa shape index (κ1) is 13.1. The zero-order valence-corrected chi connectivity index (χ0v) is 11.3. The molecular weight excluding hydrogens is 238 g/mol. The molecule has 1 heterocycles. The van der Waals surface area contributed by atoms with Crippen LogP contribution < -0.4 is 11.1 Å². The summed E-state index contributed by atoms with van der Waals surface area (Å²) in [6, 6.07) is 9.05. The molecule has 0 spiro atoms. The molecule has 0 saturated heterocycles. The number of nitrogens with zero attached hydrogens (tertiary/aromatic N) is 1. The van der Waals surface area contributed by atoms with E-state index in [1.807, 2.05) is 45.0 Å². The number of hydrogen-bond donors (Lipinski definition) is 2. The highest BCUT2D eigenvalue weighted by Crippen LogP contribution is 2.23. The van der Waals surface area contributed by atoms with Gasteiger partial charge in [-0.1, -0.05) is 6.07 Å². The van der Waals surface area contributed by atoms with Crippen LogP contribution >= 0.6 is 0 Å². The van der Waals surface area contributed by atoms with Crippen molar-refractivity contribution in [2.45, 2.75) is 20.8 Å². The number of hydrogen-bond acceptors (Lipinski definition) is 3. The van der Waals surface area contributed by atoms with Gasteiger partial charge in [-0.2, -0.15) is 0 Å². The van der Waals surface area contributed by atoms with Crippen molar-refractivity contribution in [3.63, 3.8) is 0 Å². The molecule has 98 valence electrons. The minimum Gasteiger partial charge on any atom is -0.399 e. The van der Waals surface area contributed by atoms with Crippen LogP contribution in [0.25, 0.3) is 0 Å². The molecule has 19 heavy (non-hydrogen) atoms. The Morgan fingerprint density at radius 2 is 1.79 bits per heavy atom. The van der Waals surface area contributed by atoms with Gasteiger partial charge in [0, 0.05) is 17.1 Å². The molecule has 2 rings (SSSR count). The second-order valence-electron chi connectivity index (χ2n) is 4.65. The molecule has 3 N–H and O–H groups in total. The van der Waals surface area contributed by atoms with Crippen molar-refractivity contribution in [2.24, 2.45) is 0 Å². The molecule has 0 aliphatic carbocycles. The number of nitrogens with two attached hydrogens (primary N) is 1. The normalized spacial score (nSPS) is 10.3. The SMILES string of the molecule is Cc1cccc(C(=O)Nc2c(C)cc(N)cc2C)n1. The van der Waals surface area contributed by atoms with E-state index in [1.165, 1.54) is 0 Å². The number of benzene rings is 1. The molecule has 0 atom stereocenters. The van der Waals surface area contributed by atoms with Crippen LogP contribution in [-0.4, -0.2) is 10.9 Å². The Hall–Kier alpha value is -2.36. The molecule has 1 amide bonds. The lowest BCUT2D eigenvalue weighted by Crippen LogP contribution is -2.15. The van der Waals surface area contributed by atoms with E-state index >= 15 is 0 Å². The number of anilines is 2. The molecule has 0 aliphatic rings. The number of amides is 1. The predicted molar refractivity (Wildman–Crippen MR) is 77.3 cm³/mol. The maximum Gasteiger partial charge on any atom is 0.274 e. The first-order valence-electron chi connectivity index (χ1n) is 6.09. The standard InChI is InChI=1S/C15H17N3O/c1-9-7-12(16)8-10(2)14(9)18-15(19)13-6-4-5-11(3)17-13/h4-8H,16H2,1-3H3,(H,18,19). The number of rotatable bonds is 2. The Morgan fingerprint density at radius 1 is 1.16 bits per heavy atom. The predicted octanol–water partition coefficient (Wildman–Crippen LogP) is 2.84. The molecule has 4 nitrogen and oxygen atoms in total. The highest BCUT2D eigenvalue weighted by Gasteiger charge is 2.11. The number of nitrogen functional groups attached to an aromatic ring is 1. The molecular formula is C15H17N3O. The van der Waals surface area contributed by atoms with Crippen molar-refractivity contribution in [3.8, 4) is 0 Å². The van der Waals surface area contributed by atoms with Gasteiger partial charge >= 0.3 is 0 Å². The van der Waals surface area contributed by atoms with Gasteiger partial charge in [-0.25, -0.2) is 4.98 Å². The third-order valence-corrected chi connectivity index (χ3v) is 2.91. The first-order valence-corrected chi connectivity index (χ1v) is 6.09. The van der Waals surface area contributed by atoms with E-state index in [0.717, 1.165) is 22.5 Å². The first-order chi connectivity index (χ1) is 8.97. The van der Waals surface area contributed by atoms with Gasteiger partial charge in [-0.15, -0.1) is 0 Å². The van der Waals surface area contributed by atoms with Gasteiger partial charge in [0.2, 0.25) is 0 Å². The second-order valence-corrected chi connectivity index (χ2v) is 4.65. The fraction of sp³-hybridized carbons (Fsp3) is 0.200. The number of aromatic nitrogens is 1. The van der Waals surface area contributed by atoms with Crippen LogP contribution in [0.15, 0.2) is 30.3 Å². The van der Waals surface area contributed by atoms with Crippen LogP contribution in [0.4, 0.5) is 11.4 Å². The van der Waals surface area contributed by atoms with E-state index in [1.54, 1.807) is 6.07 Å². The average Bonchev–Trinajstić information content (AvgIpc) is 2.33. The summed E-state index contributed by atoms with van der Waals surface area (Å²) in [5.74, 6) is -0.209. The largest absolute Gasteiger partial charge is 0.399 e. The zero-order valence-electron chi connectivity index (χ0n) is 11.3. The number of aryl methyl sites for hydroxylation is 3. The van der Waals surface area contributed by atoms with E-state index in [0.29, 0.717) is 11.4 Å². The van der Waals surface area contributed by atoms with E-state index in [9.17, 15) is 4.79 Å². The minimum absolute atomic E-state index is 0.209. The smallest absolute Gasteiger partial charge is 0.274 e. The third-order valence-electron chi connectivity index (χ3n) is 2.91. The van der Waals surface area contributed by atoms with Crippen molar-refractivity contribution in [2.75, 3.05) is 11.1 Å². The van der Waals surface area contributed by atoms with Crippen LogP contribution in [0.3, 0.4) is 0 Å². The monoisotopic (exact) mass is 255 g/mol. The minimum atomic E-state index is -0.209. The fourth-order valence-corrected chi connectivity index (χ4v) is 2.04. The summed E-state index contributed by atoms with van der Waals surface area (Å²) < 4.78 is 0. The van der Waals surface area contributed by atoms with Gasteiger partial charge in [0.15, 0.2) is 0 Å². The van der Waals surface area contributed by atoms with Gasteiger partial charge in [0.1, 0.15) is 5.69 Å². The fourth-order valence-electron chi connectivity index (χ4n) is 2.04. The van der Waals surface area contributed by atoms with E-state index in [2.05, 4.69) is 10.3 Å². The molecule has 0 fully saturated rings. The maximum atomic E-state index is 12.2. The molecule has 1 aromatic carbocycles. The van der Waals surface area contributed by atoms with Crippen molar-refractivity contribution in [1.29, 1.82) is 0 Å². The summed E-state index contributed by atoms with van der Waals surface area (Å²) in [5, 5.41) is 2.89. The van der Waals surface area contributed by atoms with E-state index in [4.69, 9.17) is 5.73 Å². The van der Waals surface area contributed by atoms with E-state index in [-0.39, 0.29) is 5.91 Å². The zero-order chi connectivity index (χ0) is 14.0. The van der Waals surface area contributed by atoms with Crippen molar-refractivity contribution in [1.82, 2.24) is 4.98 Å². The van der Waals surface area contributed by atoms with Crippen LogP contribution in [0.5, 0.6) is 0 Å². The van der Waals surface area contributed by atoms with Crippen LogP contribution in [0.2, 0.25) is 0 Å². The molecule has 0 aliphatic heterocycles. The summed E-state index contributed by atoms with van der Waals surface area (Å²) >= 11 is 0. The lowest BCUT2D eigenvalue weighted by atomic mass is 10.1. The van der Waals surface area contributed by atoms with Crippen LogP contribution in [0, 0.1) is 20.8 Å². The summed E-state index contributed by atoms with van der Waals surface area (Å²) in [4.78, 5) is 16.4. The third kappa shape index (κ3) is 2.91. The summed E-state index contributed by atoms with van der Waals surface area (Å²) in [5.41, 5.74) is 10.4. The molecule has 1 aromatic heterocycles. The van der Waals surface area contributed by atoms with Crippen molar-refractivity contribution < 1.29 is 4.79 Å². The molecule has 0 unspecified atom stereocenters. The van der Waals surface area contributed by atoms with E-state index < -0.39 is 0 Å². The number of nitrogens with one attached hydrogen (secondary N) is 1. The Labute approximate surface area is 112 Å². The summed E-state index contributed by atoms with van der Waals surface area (Å²) in [7, 11) is 0. The number of carbonyl (C=O) groups excluding carboxylic acids is 1. The highest BCUT2D eigenvalue weighted by molar-refractivity contribution is 6.03. The van der Waals surface area contributed by atoms with Gasteiger partial charge < -0.3 is 11.1 Å². The van der Waals surface area contributed by atoms with Gasteiger partial charge in [0.25, 0.3) is 5.91 Å². The van der Waals surface area contributed by atoms with Gasteiger partial charge in [-0.05, 0) is 56.2 Å².